The number of carbonyl (C=O) groups is 2. The summed E-state index contributed by atoms with van der Waals surface area (Å²) in [6.07, 6.45) is 2.49. The van der Waals surface area contributed by atoms with E-state index in [2.05, 4.69) is 5.32 Å². The number of benzene rings is 1. The van der Waals surface area contributed by atoms with Gasteiger partial charge in [0.1, 0.15) is 5.69 Å². The Bertz CT molecular complexity index is 882. The summed E-state index contributed by atoms with van der Waals surface area (Å²) in [5, 5.41) is 14.0. The van der Waals surface area contributed by atoms with Crippen LogP contribution in [0.2, 0.25) is 0 Å². The van der Waals surface area contributed by atoms with Crippen LogP contribution in [0.1, 0.15) is 31.4 Å². The van der Waals surface area contributed by atoms with Crippen LogP contribution >= 0.6 is 0 Å². The van der Waals surface area contributed by atoms with Gasteiger partial charge in [-0.1, -0.05) is 31.0 Å². The lowest BCUT2D eigenvalue weighted by molar-refractivity contribution is -0.313. The topological polar surface area (TPSA) is 96.2 Å². The molecule has 0 bridgehead atoms. The van der Waals surface area contributed by atoms with Crippen molar-refractivity contribution >= 4 is 17.6 Å². The number of carboxylic acid groups (broad SMARTS) is 1. The summed E-state index contributed by atoms with van der Waals surface area (Å²) >= 11 is 0. The lowest BCUT2D eigenvalue weighted by atomic mass is 9.78. The monoisotopic (exact) mass is 356 g/mol. The highest BCUT2D eigenvalue weighted by atomic mass is 16.4. The summed E-state index contributed by atoms with van der Waals surface area (Å²) in [6.45, 7) is 1.74. The van der Waals surface area contributed by atoms with Crippen LogP contribution in [0.3, 0.4) is 0 Å². The lowest BCUT2D eigenvalue weighted by Gasteiger charge is -2.30. The molecule has 0 aliphatic heterocycles. The number of rotatable bonds is 4. The summed E-state index contributed by atoms with van der Waals surface area (Å²) in [7, 11) is 1.74. The lowest BCUT2D eigenvalue weighted by Crippen LogP contribution is -2.42. The number of carbonyl (C=O) groups excluding carboxylic acids is 2. The van der Waals surface area contributed by atoms with E-state index in [1.165, 1.54) is 4.68 Å². The van der Waals surface area contributed by atoms with E-state index in [0.717, 1.165) is 12.8 Å². The van der Waals surface area contributed by atoms with Gasteiger partial charge < -0.3 is 15.2 Å². The zero-order valence-electron chi connectivity index (χ0n) is 14.9. The van der Waals surface area contributed by atoms with Crippen molar-refractivity contribution in [3.05, 3.63) is 46.4 Å². The number of nitrogens with zero attached hydrogens (tertiary/aromatic N) is 2. The molecule has 2 aromatic rings. The Kier molecular flexibility index (Phi) is 4.97. The van der Waals surface area contributed by atoms with Crippen molar-refractivity contribution in [1.82, 2.24) is 9.36 Å². The molecule has 1 aliphatic rings. The molecule has 1 amide bonds. The molecule has 0 saturated heterocycles. The molecule has 1 aromatic carbocycles. The fourth-order valence-corrected chi connectivity index (χ4v) is 3.65. The van der Waals surface area contributed by atoms with E-state index >= 15 is 0 Å². The van der Waals surface area contributed by atoms with Crippen LogP contribution in [0.15, 0.2) is 35.1 Å². The molecule has 1 fully saturated rings. The smallest absolute Gasteiger partial charge is 0.295 e. The predicted octanol–water partition coefficient (Wildman–Crippen LogP) is 0.979. The molecule has 0 unspecified atom stereocenters. The first-order valence-corrected chi connectivity index (χ1v) is 8.77. The Morgan fingerprint density at radius 2 is 1.73 bits per heavy atom. The number of hydrogen-bond acceptors (Lipinski definition) is 4. The molecular weight excluding hydrogens is 334 g/mol. The summed E-state index contributed by atoms with van der Waals surface area (Å²) < 4.78 is 3.15. The molecular formula is C19H22N3O4-. The van der Waals surface area contributed by atoms with Gasteiger partial charge in [-0.3, -0.25) is 14.3 Å². The first-order chi connectivity index (χ1) is 12.4. The van der Waals surface area contributed by atoms with Gasteiger partial charge >= 0.3 is 0 Å². The van der Waals surface area contributed by atoms with Crippen molar-refractivity contribution in [2.24, 2.45) is 18.9 Å². The van der Waals surface area contributed by atoms with Crippen LogP contribution < -0.4 is 16.0 Å². The summed E-state index contributed by atoms with van der Waals surface area (Å²) in [4.78, 5) is 36.9. The fraction of sp³-hybridized carbons (Fsp3) is 0.421. The molecule has 1 aromatic heterocycles. The third kappa shape index (κ3) is 3.16. The minimum Gasteiger partial charge on any atom is -0.550 e. The molecule has 1 aliphatic carbocycles. The van der Waals surface area contributed by atoms with Crippen LogP contribution in [0, 0.1) is 18.8 Å². The number of amides is 1. The second kappa shape index (κ2) is 7.19. The first kappa shape index (κ1) is 18.0. The van der Waals surface area contributed by atoms with Crippen molar-refractivity contribution in [2.45, 2.75) is 32.6 Å². The molecule has 7 nitrogen and oxygen atoms in total. The normalized spacial score (nSPS) is 19.9. The van der Waals surface area contributed by atoms with E-state index in [1.807, 2.05) is 18.2 Å². The molecule has 0 radical (unpaired) electrons. The van der Waals surface area contributed by atoms with Crippen molar-refractivity contribution in [2.75, 3.05) is 5.32 Å². The molecule has 26 heavy (non-hydrogen) atoms. The molecule has 7 heteroatoms. The SMILES string of the molecule is Cc1c(NC(=O)[C@H]2CCCC[C@H]2C(=O)[O-])c(=O)n(-c2ccccc2)n1C. The van der Waals surface area contributed by atoms with Gasteiger partial charge in [0.25, 0.3) is 5.56 Å². The number of carboxylic acids is 1. The van der Waals surface area contributed by atoms with Crippen LogP contribution in [-0.2, 0) is 16.6 Å². The number of aliphatic carboxylic acids is 1. The maximum Gasteiger partial charge on any atom is 0.295 e. The van der Waals surface area contributed by atoms with Crippen LogP contribution in [-0.4, -0.2) is 21.2 Å². The van der Waals surface area contributed by atoms with Crippen LogP contribution in [0.25, 0.3) is 5.69 Å². The highest BCUT2D eigenvalue weighted by Crippen LogP contribution is 2.30. The van der Waals surface area contributed by atoms with Gasteiger partial charge in [0.15, 0.2) is 0 Å². The average molecular weight is 356 g/mol. The summed E-state index contributed by atoms with van der Waals surface area (Å²) in [5.74, 6) is -3.09. The second-order valence-electron chi connectivity index (χ2n) is 6.74. The molecule has 1 N–H and O–H groups in total. The zero-order chi connectivity index (χ0) is 18.8. The number of aromatic nitrogens is 2. The third-order valence-electron chi connectivity index (χ3n) is 5.21. The molecule has 1 heterocycles. The predicted molar refractivity (Wildman–Crippen MR) is 94.8 cm³/mol. The average Bonchev–Trinajstić information content (AvgIpc) is 2.85. The van der Waals surface area contributed by atoms with Crippen LogP contribution in [0.5, 0.6) is 0 Å². The minimum absolute atomic E-state index is 0.184. The molecule has 0 spiro atoms. The van der Waals surface area contributed by atoms with E-state index in [4.69, 9.17) is 0 Å². The highest BCUT2D eigenvalue weighted by molar-refractivity contribution is 5.95. The van der Waals surface area contributed by atoms with Gasteiger partial charge in [-0.2, -0.15) is 0 Å². The van der Waals surface area contributed by atoms with E-state index in [9.17, 15) is 19.5 Å². The molecule has 138 valence electrons. The van der Waals surface area contributed by atoms with Gasteiger partial charge in [0.2, 0.25) is 5.91 Å². The highest BCUT2D eigenvalue weighted by Gasteiger charge is 2.33. The van der Waals surface area contributed by atoms with E-state index in [1.54, 1.807) is 30.8 Å². The standard InChI is InChI=1S/C19H23N3O4/c1-12-16(18(24)22(21(12)2)13-8-4-3-5-9-13)20-17(23)14-10-6-7-11-15(14)19(25)26/h3-5,8-9,14-15H,6-7,10-11H2,1-2H3,(H,20,23)(H,25,26)/p-1/t14-,15+/m0/s1. The Morgan fingerprint density at radius 1 is 1.12 bits per heavy atom. The fourth-order valence-electron chi connectivity index (χ4n) is 3.65. The Labute approximate surface area is 151 Å². The van der Waals surface area contributed by atoms with Crippen molar-refractivity contribution < 1.29 is 14.7 Å². The quantitative estimate of drug-likeness (QED) is 0.883. The number of para-hydroxylation sites is 1. The number of hydrogen-bond donors (Lipinski definition) is 1. The Hall–Kier alpha value is -2.83. The molecule has 3 rings (SSSR count). The van der Waals surface area contributed by atoms with Crippen molar-refractivity contribution in [3.8, 4) is 5.69 Å². The van der Waals surface area contributed by atoms with Gasteiger partial charge in [0.05, 0.1) is 11.4 Å². The maximum atomic E-state index is 12.8. The van der Waals surface area contributed by atoms with E-state index in [-0.39, 0.29) is 11.2 Å². The van der Waals surface area contributed by atoms with E-state index < -0.39 is 23.7 Å². The van der Waals surface area contributed by atoms with Gasteiger partial charge in [-0.05, 0) is 31.9 Å². The van der Waals surface area contributed by atoms with Gasteiger partial charge in [0, 0.05) is 24.9 Å². The molecule has 2 atom stereocenters. The summed E-state index contributed by atoms with van der Waals surface area (Å²) in [6, 6.07) is 9.12. The second-order valence-corrected chi connectivity index (χ2v) is 6.74. The third-order valence-corrected chi connectivity index (χ3v) is 5.21. The Balaban J connectivity index is 1.92. The first-order valence-electron chi connectivity index (χ1n) is 8.77. The Morgan fingerprint density at radius 3 is 2.35 bits per heavy atom. The van der Waals surface area contributed by atoms with Crippen molar-refractivity contribution in [1.29, 1.82) is 0 Å². The summed E-state index contributed by atoms with van der Waals surface area (Å²) in [5.41, 5.74) is 1.14. The number of nitrogens with one attached hydrogen (secondary N) is 1. The molecule has 1 saturated carbocycles. The largest absolute Gasteiger partial charge is 0.550 e. The van der Waals surface area contributed by atoms with Crippen molar-refractivity contribution in [3.63, 3.8) is 0 Å². The van der Waals surface area contributed by atoms with Gasteiger partial charge in [-0.25, -0.2) is 4.68 Å². The van der Waals surface area contributed by atoms with Crippen LogP contribution in [0.4, 0.5) is 5.69 Å². The van der Waals surface area contributed by atoms with Gasteiger partial charge in [-0.15, -0.1) is 0 Å². The minimum atomic E-state index is -1.20. The maximum absolute atomic E-state index is 12.8. The number of anilines is 1. The zero-order valence-corrected chi connectivity index (χ0v) is 14.9. The van der Waals surface area contributed by atoms with E-state index in [0.29, 0.717) is 24.2 Å².